The van der Waals surface area contributed by atoms with Crippen LogP contribution in [-0.2, 0) is 20.0 Å². The molecule has 0 aliphatic rings. The molecule has 0 amide bonds. The van der Waals surface area contributed by atoms with Crippen molar-refractivity contribution in [2.45, 2.75) is 32.7 Å². The zero-order valence-corrected chi connectivity index (χ0v) is 13.9. The van der Waals surface area contributed by atoms with E-state index in [1.165, 1.54) is 0 Å². The molecule has 1 atom stereocenters. The average molecular weight is 324 g/mol. The Balaban J connectivity index is 2.04. The predicted octanol–water partition coefficient (Wildman–Crippen LogP) is 3.12. The summed E-state index contributed by atoms with van der Waals surface area (Å²) in [5, 5.41) is 7.63. The van der Waals surface area contributed by atoms with Gasteiger partial charge in [0.1, 0.15) is 11.3 Å². The lowest BCUT2D eigenvalue weighted by molar-refractivity contribution is 0.571. The lowest BCUT2D eigenvalue weighted by Crippen LogP contribution is -2.12. The predicted molar refractivity (Wildman–Crippen MR) is 86.2 cm³/mol. The Morgan fingerprint density at radius 3 is 2.90 bits per heavy atom. The first-order valence-corrected chi connectivity index (χ1v) is 8.37. The van der Waals surface area contributed by atoms with Crippen LogP contribution >= 0.6 is 22.9 Å². The first-order chi connectivity index (χ1) is 10.1. The minimum absolute atomic E-state index is 0.340. The minimum Gasteiger partial charge on any atom is -0.312 e. The van der Waals surface area contributed by atoms with Crippen molar-refractivity contribution < 1.29 is 0 Å². The summed E-state index contributed by atoms with van der Waals surface area (Å²) in [6.07, 6.45) is 2.62. The zero-order chi connectivity index (χ0) is 15.0. The van der Waals surface area contributed by atoms with Gasteiger partial charge in [0, 0.05) is 43.4 Å². The van der Waals surface area contributed by atoms with Gasteiger partial charge in [-0.1, -0.05) is 6.92 Å². The second kappa shape index (κ2) is 5.77. The number of thiazole rings is 1. The molecule has 3 heterocycles. The van der Waals surface area contributed by atoms with Gasteiger partial charge < -0.3 is 4.57 Å². The number of alkyl halides is 1. The molecule has 3 aromatic heterocycles. The van der Waals surface area contributed by atoms with Crippen molar-refractivity contribution in [3.8, 4) is 0 Å². The number of nitrogens with zero attached hydrogens (tertiary/aromatic N) is 5. The Morgan fingerprint density at radius 2 is 2.24 bits per heavy atom. The quantitative estimate of drug-likeness (QED) is 0.678. The fourth-order valence-electron chi connectivity index (χ4n) is 2.68. The van der Waals surface area contributed by atoms with E-state index >= 15 is 0 Å². The van der Waals surface area contributed by atoms with Gasteiger partial charge >= 0.3 is 0 Å². The normalized spacial score (nSPS) is 13.1. The highest BCUT2D eigenvalue weighted by atomic mass is 35.5. The van der Waals surface area contributed by atoms with Crippen molar-refractivity contribution in [2.75, 3.05) is 5.88 Å². The summed E-state index contributed by atoms with van der Waals surface area (Å²) < 4.78 is 4.15. The third kappa shape index (κ3) is 2.58. The Bertz CT molecular complexity index is 743. The van der Waals surface area contributed by atoms with Gasteiger partial charge in [-0.05, 0) is 6.92 Å². The molecule has 7 heteroatoms. The first-order valence-electron chi connectivity index (χ1n) is 6.96. The molecule has 0 aliphatic carbocycles. The molecule has 0 aliphatic heterocycles. The van der Waals surface area contributed by atoms with Gasteiger partial charge in [0.2, 0.25) is 0 Å². The number of fused-ring (bicyclic) bond motifs is 1. The van der Waals surface area contributed by atoms with Gasteiger partial charge in [-0.15, -0.1) is 22.9 Å². The van der Waals surface area contributed by atoms with E-state index in [4.69, 9.17) is 16.6 Å². The van der Waals surface area contributed by atoms with E-state index in [0.717, 1.165) is 40.7 Å². The van der Waals surface area contributed by atoms with E-state index in [1.807, 2.05) is 30.2 Å². The minimum atomic E-state index is 0.340. The number of hydrogen-bond donors (Lipinski definition) is 0. The summed E-state index contributed by atoms with van der Waals surface area (Å²) in [6, 6.07) is 0. The van der Waals surface area contributed by atoms with Crippen molar-refractivity contribution in [2.24, 2.45) is 7.05 Å². The highest BCUT2D eigenvalue weighted by Gasteiger charge is 2.19. The second-order valence-electron chi connectivity index (χ2n) is 5.23. The first kappa shape index (κ1) is 14.5. The van der Waals surface area contributed by atoms with E-state index in [0.29, 0.717) is 11.8 Å². The van der Waals surface area contributed by atoms with E-state index in [1.54, 1.807) is 11.3 Å². The Morgan fingerprint density at radius 1 is 1.43 bits per heavy atom. The molecule has 1 unspecified atom stereocenters. The lowest BCUT2D eigenvalue weighted by atomic mass is 10.2. The van der Waals surface area contributed by atoms with Crippen LogP contribution in [0.25, 0.3) is 11.2 Å². The van der Waals surface area contributed by atoms with Crippen LogP contribution < -0.4 is 0 Å². The zero-order valence-electron chi connectivity index (χ0n) is 12.4. The molecule has 5 nitrogen and oxygen atoms in total. The molecule has 0 N–H and O–H groups in total. The number of aryl methyl sites for hydroxylation is 3. The summed E-state index contributed by atoms with van der Waals surface area (Å²) in [7, 11) is 1.96. The van der Waals surface area contributed by atoms with E-state index in [2.05, 4.69) is 21.6 Å². The highest BCUT2D eigenvalue weighted by molar-refractivity contribution is 7.09. The third-order valence-electron chi connectivity index (χ3n) is 3.62. The lowest BCUT2D eigenvalue weighted by Gasteiger charge is -2.13. The van der Waals surface area contributed by atoms with Crippen molar-refractivity contribution in [1.29, 1.82) is 0 Å². The number of rotatable bonds is 5. The molecular formula is C14H18ClN5S. The number of imidazole rings is 1. The maximum absolute atomic E-state index is 5.93. The SMILES string of the molecule is Cc1nn(C)c2c1nc(CCCl)n2CC(C)c1nccs1. The smallest absolute Gasteiger partial charge is 0.158 e. The molecule has 0 saturated heterocycles. The molecule has 0 spiro atoms. The second-order valence-corrected chi connectivity index (χ2v) is 6.53. The Hall–Kier alpha value is -1.40. The van der Waals surface area contributed by atoms with Crippen LogP contribution in [0, 0.1) is 6.92 Å². The number of halogens is 1. The number of aromatic nitrogens is 5. The van der Waals surface area contributed by atoms with Crippen LogP contribution in [0.2, 0.25) is 0 Å². The molecule has 0 aromatic carbocycles. The molecule has 0 saturated carbocycles. The van der Waals surface area contributed by atoms with Gasteiger partial charge in [0.15, 0.2) is 5.65 Å². The average Bonchev–Trinajstić information content (AvgIpc) is 3.12. The monoisotopic (exact) mass is 323 g/mol. The largest absolute Gasteiger partial charge is 0.312 e. The van der Waals surface area contributed by atoms with Crippen LogP contribution in [0.4, 0.5) is 0 Å². The maximum atomic E-state index is 5.93. The molecule has 3 rings (SSSR count). The van der Waals surface area contributed by atoms with E-state index in [9.17, 15) is 0 Å². The van der Waals surface area contributed by atoms with Gasteiger partial charge in [-0.25, -0.2) is 9.97 Å². The van der Waals surface area contributed by atoms with Gasteiger partial charge in [0.25, 0.3) is 0 Å². The standard InChI is InChI=1S/C14H18ClN5S/c1-9(13-16-6-7-21-13)8-20-11(4-5-15)17-12-10(2)18-19(3)14(12)20/h6-7,9H,4-5,8H2,1-3H3. The van der Waals surface area contributed by atoms with Crippen LogP contribution in [0.3, 0.4) is 0 Å². The summed E-state index contributed by atoms with van der Waals surface area (Å²) in [4.78, 5) is 9.15. The summed E-state index contributed by atoms with van der Waals surface area (Å²) in [5.74, 6) is 1.94. The van der Waals surface area contributed by atoms with Gasteiger partial charge in [0.05, 0.1) is 10.7 Å². The molecule has 0 radical (unpaired) electrons. The Kier molecular flexibility index (Phi) is 3.99. The van der Waals surface area contributed by atoms with E-state index < -0.39 is 0 Å². The topological polar surface area (TPSA) is 48.5 Å². The van der Waals surface area contributed by atoms with Crippen molar-refractivity contribution in [3.05, 3.63) is 28.1 Å². The molecule has 112 valence electrons. The van der Waals surface area contributed by atoms with E-state index in [-0.39, 0.29) is 0 Å². The summed E-state index contributed by atoms with van der Waals surface area (Å²) in [5.41, 5.74) is 3.00. The Labute approximate surface area is 132 Å². The summed E-state index contributed by atoms with van der Waals surface area (Å²) in [6.45, 7) is 5.03. The molecule has 3 aromatic rings. The van der Waals surface area contributed by atoms with Gasteiger partial charge in [-0.2, -0.15) is 5.10 Å². The molecule has 0 bridgehead atoms. The molecule has 0 fully saturated rings. The molecular weight excluding hydrogens is 306 g/mol. The number of hydrogen-bond acceptors (Lipinski definition) is 4. The van der Waals surface area contributed by atoms with Crippen molar-refractivity contribution in [3.63, 3.8) is 0 Å². The van der Waals surface area contributed by atoms with Crippen LogP contribution in [0.5, 0.6) is 0 Å². The van der Waals surface area contributed by atoms with Crippen LogP contribution in [-0.4, -0.2) is 30.2 Å². The van der Waals surface area contributed by atoms with Crippen LogP contribution in [0.1, 0.15) is 29.4 Å². The van der Waals surface area contributed by atoms with Crippen molar-refractivity contribution >= 4 is 34.1 Å². The fraction of sp³-hybridized carbons (Fsp3) is 0.500. The fourth-order valence-corrected chi connectivity index (χ4v) is 3.54. The third-order valence-corrected chi connectivity index (χ3v) is 4.81. The van der Waals surface area contributed by atoms with Crippen molar-refractivity contribution in [1.82, 2.24) is 24.3 Å². The maximum Gasteiger partial charge on any atom is 0.158 e. The molecule has 21 heavy (non-hydrogen) atoms. The van der Waals surface area contributed by atoms with Gasteiger partial charge in [-0.3, -0.25) is 4.68 Å². The summed E-state index contributed by atoms with van der Waals surface area (Å²) >= 11 is 7.63. The van der Waals surface area contributed by atoms with Crippen LogP contribution in [0.15, 0.2) is 11.6 Å². The highest BCUT2D eigenvalue weighted by Crippen LogP contribution is 2.25.